The lowest BCUT2D eigenvalue weighted by atomic mass is 10.1. The molecule has 1 aliphatic rings. The second-order valence-corrected chi connectivity index (χ2v) is 7.99. The molecule has 31 heavy (non-hydrogen) atoms. The molecule has 2 heterocycles. The van der Waals surface area contributed by atoms with Crippen LogP contribution in [0.5, 0.6) is 11.5 Å². The maximum Gasteiger partial charge on any atom is 0.257 e. The zero-order valence-corrected chi connectivity index (χ0v) is 17.5. The van der Waals surface area contributed by atoms with Crippen LogP contribution in [0.25, 0.3) is 11.1 Å². The van der Waals surface area contributed by atoms with Crippen molar-refractivity contribution in [1.82, 2.24) is 4.98 Å². The molecular formula is C24H20N2O4S. The number of carbonyl (C=O) groups is 1. The molecule has 0 saturated carbocycles. The van der Waals surface area contributed by atoms with Crippen molar-refractivity contribution in [2.24, 2.45) is 0 Å². The Morgan fingerprint density at radius 1 is 0.968 bits per heavy atom. The fourth-order valence-corrected chi connectivity index (χ4v) is 4.20. The van der Waals surface area contributed by atoms with Gasteiger partial charge in [-0.3, -0.25) is 4.79 Å². The summed E-state index contributed by atoms with van der Waals surface area (Å²) in [6.45, 7) is 1.23. The molecule has 4 aromatic rings. The topological polar surface area (TPSA) is 73.6 Å². The summed E-state index contributed by atoms with van der Waals surface area (Å²) in [6, 6.07) is 20.6. The number of rotatable bonds is 5. The van der Waals surface area contributed by atoms with Gasteiger partial charge >= 0.3 is 0 Å². The van der Waals surface area contributed by atoms with Crippen LogP contribution < -0.4 is 14.8 Å². The monoisotopic (exact) mass is 432 g/mol. The molecular weight excluding hydrogens is 412 g/mol. The normalized spacial score (nSPS) is 13.0. The third-order valence-electron chi connectivity index (χ3n) is 4.89. The van der Waals surface area contributed by atoms with Gasteiger partial charge < -0.3 is 19.2 Å². The number of para-hydroxylation sites is 2. The molecule has 0 bridgehead atoms. The number of benzene rings is 3. The molecule has 1 amide bonds. The Morgan fingerprint density at radius 2 is 1.77 bits per heavy atom. The third-order valence-corrected chi connectivity index (χ3v) is 5.77. The maximum absolute atomic E-state index is 13.0. The van der Waals surface area contributed by atoms with Crippen LogP contribution in [0.1, 0.15) is 22.3 Å². The smallest absolute Gasteiger partial charge is 0.257 e. The second-order valence-electron chi connectivity index (χ2n) is 7.06. The molecule has 0 fully saturated rings. The number of hydrogen-bond donors (Lipinski definition) is 1. The molecule has 1 N–H and O–H groups in total. The van der Waals surface area contributed by atoms with Crippen molar-refractivity contribution >= 4 is 34.5 Å². The molecule has 0 aliphatic carbocycles. The minimum absolute atomic E-state index is 0.178. The predicted octanol–water partition coefficient (Wildman–Crippen LogP) is 5.53. The highest BCUT2D eigenvalue weighted by Crippen LogP contribution is 2.33. The first-order chi connectivity index (χ1) is 15.3. The number of aromatic nitrogens is 1. The number of amides is 1. The van der Waals surface area contributed by atoms with E-state index in [0.717, 1.165) is 23.1 Å². The van der Waals surface area contributed by atoms with Gasteiger partial charge in [-0.05, 0) is 35.9 Å². The highest BCUT2D eigenvalue weighted by molar-refractivity contribution is 7.98. The van der Waals surface area contributed by atoms with Gasteiger partial charge in [0, 0.05) is 29.5 Å². The molecule has 0 unspecified atom stereocenters. The van der Waals surface area contributed by atoms with Gasteiger partial charge in [0.1, 0.15) is 5.52 Å². The lowest BCUT2D eigenvalue weighted by molar-refractivity contribution is 0.102. The Morgan fingerprint density at radius 3 is 2.68 bits per heavy atom. The van der Waals surface area contributed by atoms with Gasteiger partial charge in [-0.15, -0.1) is 0 Å². The molecule has 5 rings (SSSR count). The number of thioether (sulfide) groups is 1. The van der Waals surface area contributed by atoms with E-state index in [1.807, 2.05) is 60.7 Å². The van der Waals surface area contributed by atoms with Crippen molar-refractivity contribution < 1.29 is 18.7 Å². The number of nitrogens with zero attached hydrogens (tertiary/aromatic N) is 1. The summed E-state index contributed by atoms with van der Waals surface area (Å²) in [5, 5.41) is 3.55. The number of hydrogen-bond acceptors (Lipinski definition) is 6. The number of carbonyl (C=O) groups excluding carboxylic acids is 1. The fraction of sp³-hybridized carbons (Fsp3) is 0.167. The zero-order chi connectivity index (χ0) is 21.0. The summed E-state index contributed by atoms with van der Waals surface area (Å²) in [5.41, 5.74) is 3.76. The molecule has 0 saturated heterocycles. The fourth-order valence-electron chi connectivity index (χ4n) is 3.36. The van der Waals surface area contributed by atoms with Gasteiger partial charge in [0.2, 0.25) is 0 Å². The van der Waals surface area contributed by atoms with Crippen LogP contribution in [-0.2, 0) is 5.75 Å². The van der Waals surface area contributed by atoms with Crippen LogP contribution in [0.4, 0.5) is 5.69 Å². The summed E-state index contributed by atoms with van der Waals surface area (Å²) < 4.78 is 17.1. The summed E-state index contributed by atoms with van der Waals surface area (Å²) in [7, 11) is 0. The van der Waals surface area contributed by atoms with Gasteiger partial charge in [-0.2, -0.15) is 0 Å². The zero-order valence-electron chi connectivity index (χ0n) is 16.7. The SMILES string of the molecule is O=C(Nc1ccc2c(c1)OCCCO2)c1ccccc1CSc1nc2ccccc2o1. The first-order valence-electron chi connectivity index (χ1n) is 10.0. The van der Waals surface area contributed by atoms with E-state index in [0.29, 0.717) is 46.9 Å². The van der Waals surface area contributed by atoms with Gasteiger partial charge in [-0.25, -0.2) is 4.98 Å². The number of nitrogens with one attached hydrogen (secondary N) is 1. The van der Waals surface area contributed by atoms with Crippen LogP contribution in [0.15, 0.2) is 76.4 Å². The lowest BCUT2D eigenvalue weighted by Crippen LogP contribution is -2.14. The largest absolute Gasteiger partial charge is 0.490 e. The van der Waals surface area contributed by atoms with E-state index in [-0.39, 0.29) is 5.91 Å². The third kappa shape index (κ3) is 4.36. The molecule has 1 aliphatic heterocycles. The van der Waals surface area contributed by atoms with Crippen LogP contribution >= 0.6 is 11.8 Å². The van der Waals surface area contributed by atoms with Crippen LogP contribution in [0.3, 0.4) is 0 Å². The van der Waals surface area contributed by atoms with Crippen LogP contribution in [0.2, 0.25) is 0 Å². The van der Waals surface area contributed by atoms with Gasteiger partial charge in [0.25, 0.3) is 11.1 Å². The van der Waals surface area contributed by atoms with Gasteiger partial charge in [0.15, 0.2) is 17.1 Å². The van der Waals surface area contributed by atoms with Crippen molar-refractivity contribution in [2.45, 2.75) is 17.4 Å². The Hall–Kier alpha value is -3.45. The van der Waals surface area contributed by atoms with Gasteiger partial charge in [0.05, 0.1) is 13.2 Å². The van der Waals surface area contributed by atoms with E-state index < -0.39 is 0 Å². The summed E-state index contributed by atoms with van der Waals surface area (Å²) in [4.78, 5) is 17.5. The van der Waals surface area contributed by atoms with Crippen molar-refractivity contribution in [3.05, 3.63) is 77.9 Å². The standard InChI is InChI=1S/C24H20N2O4S/c27-23(25-17-10-11-21-22(14-17)29-13-5-12-28-21)18-7-2-1-6-16(18)15-31-24-26-19-8-3-4-9-20(19)30-24/h1-4,6-11,14H,5,12-13,15H2,(H,25,27). The number of oxazole rings is 1. The number of fused-ring (bicyclic) bond motifs is 2. The highest BCUT2D eigenvalue weighted by Gasteiger charge is 2.15. The first kappa shape index (κ1) is 19.5. The summed E-state index contributed by atoms with van der Waals surface area (Å²) >= 11 is 1.46. The summed E-state index contributed by atoms with van der Waals surface area (Å²) in [5.74, 6) is 1.74. The number of anilines is 1. The van der Waals surface area contributed by atoms with Crippen molar-refractivity contribution in [3.8, 4) is 11.5 Å². The average Bonchev–Trinajstić information content (AvgIpc) is 3.07. The van der Waals surface area contributed by atoms with E-state index >= 15 is 0 Å². The molecule has 3 aromatic carbocycles. The Bertz CT molecular complexity index is 1200. The molecule has 0 radical (unpaired) electrons. The maximum atomic E-state index is 13.0. The minimum atomic E-state index is -0.178. The van der Waals surface area contributed by atoms with Gasteiger partial charge in [-0.1, -0.05) is 42.1 Å². The number of ether oxygens (including phenoxy) is 2. The average molecular weight is 433 g/mol. The van der Waals surface area contributed by atoms with Crippen molar-refractivity contribution in [3.63, 3.8) is 0 Å². The van der Waals surface area contributed by atoms with E-state index in [2.05, 4.69) is 10.3 Å². The second kappa shape index (κ2) is 8.73. The molecule has 6 nitrogen and oxygen atoms in total. The minimum Gasteiger partial charge on any atom is -0.490 e. The van der Waals surface area contributed by atoms with E-state index in [4.69, 9.17) is 13.9 Å². The lowest BCUT2D eigenvalue weighted by Gasteiger charge is -2.12. The Balaban J connectivity index is 1.31. The predicted molar refractivity (Wildman–Crippen MR) is 120 cm³/mol. The van der Waals surface area contributed by atoms with Crippen LogP contribution in [-0.4, -0.2) is 24.1 Å². The van der Waals surface area contributed by atoms with E-state index in [1.54, 1.807) is 6.07 Å². The molecule has 156 valence electrons. The van der Waals surface area contributed by atoms with E-state index in [1.165, 1.54) is 11.8 Å². The van der Waals surface area contributed by atoms with Crippen molar-refractivity contribution in [2.75, 3.05) is 18.5 Å². The highest BCUT2D eigenvalue weighted by atomic mass is 32.2. The Kier molecular flexibility index (Phi) is 5.50. The molecule has 0 atom stereocenters. The summed E-state index contributed by atoms with van der Waals surface area (Å²) in [6.07, 6.45) is 0.835. The van der Waals surface area contributed by atoms with Crippen molar-refractivity contribution in [1.29, 1.82) is 0 Å². The van der Waals surface area contributed by atoms with E-state index in [9.17, 15) is 4.79 Å². The molecule has 7 heteroatoms. The quantitative estimate of drug-likeness (QED) is 0.418. The van der Waals surface area contributed by atoms with Crippen LogP contribution in [0, 0.1) is 0 Å². The Labute approximate surface area is 183 Å². The molecule has 1 aromatic heterocycles. The molecule has 0 spiro atoms. The first-order valence-corrected chi connectivity index (χ1v) is 11.0.